The van der Waals surface area contributed by atoms with Gasteiger partial charge in [-0.15, -0.1) is 0 Å². The van der Waals surface area contributed by atoms with Crippen LogP contribution in [-0.4, -0.2) is 48.0 Å². The monoisotopic (exact) mass is 355 g/mol. The molecule has 0 unspecified atom stereocenters. The number of para-hydroxylation sites is 1. The molecule has 2 rings (SSSR count). The molecule has 0 fully saturated rings. The van der Waals surface area contributed by atoms with Crippen LogP contribution in [0.5, 0.6) is 0 Å². The summed E-state index contributed by atoms with van der Waals surface area (Å²) in [6.07, 6.45) is 4.01. The van der Waals surface area contributed by atoms with Crippen LogP contribution in [0.15, 0.2) is 30.6 Å². The Morgan fingerprint density at radius 2 is 1.96 bits per heavy atom. The number of hydrogen-bond donors (Lipinski definition) is 2. The molecular formula is C20H29N5O. The number of aromatic nitrogens is 2. The summed E-state index contributed by atoms with van der Waals surface area (Å²) in [5.41, 5.74) is 3.77. The fourth-order valence-electron chi connectivity index (χ4n) is 2.67. The predicted octanol–water partition coefficient (Wildman–Crippen LogP) is 3.33. The van der Waals surface area contributed by atoms with Crippen molar-refractivity contribution in [1.82, 2.24) is 20.2 Å². The minimum Gasteiger partial charge on any atom is -0.351 e. The van der Waals surface area contributed by atoms with E-state index < -0.39 is 0 Å². The van der Waals surface area contributed by atoms with Crippen molar-refractivity contribution in [3.8, 4) is 0 Å². The highest BCUT2D eigenvalue weighted by Gasteiger charge is 2.11. The summed E-state index contributed by atoms with van der Waals surface area (Å²) in [5, 5.41) is 6.21. The third-order valence-corrected chi connectivity index (χ3v) is 4.13. The van der Waals surface area contributed by atoms with E-state index in [1.54, 1.807) is 6.20 Å². The molecule has 2 N–H and O–H groups in total. The molecule has 1 aromatic heterocycles. The van der Waals surface area contributed by atoms with E-state index in [2.05, 4.69) is 64.5 Å². The molecule has 6 heteroatoms. The van der Waals surface area contributed by atoms with Gasteiger partial charge in [0, 0.05) is 12.2 Å². The van der Waals surface area contributed by atoms with Gasteiger partial charge in [-0.2, -0.15) is 0 Å². The van der Waals surface area contributed by atoms with Crippen molar-refractivity contribution in [2.45, 2.75) is 33.1 Å². The lowest BCUT2D eigenvalue weighted by Gasteiger charge is -2.16. The molecule has 0 saturated heterocycles. The van der Waals surface area contributed by atoms with E-state index in [4.69, 9.17) is 0 Å². The molecule has 1 aromatic carbocycles. The number of carbonyl (C=O) groups is 1. The topological polar surface area (TPSA) is 70.2 Å². The highest BCUT2D eigenvalue weighted by Crippen LogP contribution is 2.29. The summed E-state index contributed by atoms with van der Waals surface area (Å²) in [4.78, 5) is 22.8. The van der Waals surface area contributed by atoms with Crippen molar-refractivity contribution in [2.75, 3.05) is 32.5 Å². The number of anilines is 2. The SMILES string of the molecule is Cc1cccc(C(C)C)c1Nc1cnc(C(=O)NCCCN(C)C)cn1. The van der Waals surface area contributed by atoms with E-state index in [0.717, 1.165) is 24.2 Å². The number of carbonyl (C=O) groups excluding carboxylic acids is 1. The fraction of sp³-hybridized carbons (Fsp3) is 0.450. The molecule has 140 valence electrons. The summed E-state index contributed by atoms with van der Waals surface area (Å²) in [6.45, 7) is 7.95. The van der Waals surface area contributed by atoms with Gasteiger partial charge < -0.3 is 15.5 Å². The maximum absolute atomic E-state index is 12.1. The summed E-state index contributed by atoms with van der Waals surface area (Å²) in [5.74, 6) is 0.838. The normalized spacial score (nSPS) is 11.0. The van der Waals surface area contributed by atoms with Crippen molar-refractivity contribution >= 4 is 17.4 Å². The van der Waals surface area contributed by atoms with Gasteiger partial charge in [0.05, 0.1) is 12.4 Å². The Morgan fingerprint density at radius 3 is 2.58 bits per heavy atom. The number of amides is 1. The third kappa shape index (κ3) is 5.52. The number of nitrogens with zero attached hydrogens (tertiary/aromatic N) is 3. The number of aryl methyl sites for hydroxylation is 1. The minimum atomic E-state index is -0.193. The first-order valence-electron chi connectivity index (χ1n) is 9.00. The third-order valence-electron chi connectivity index (χ3n) is 4.13. The van der Waals surface area contributed by atoms with Crippen LogP contribution in [0.25, 0.3) is 0 Å². The number of nitrogens with one attached hydrogen (secondary N) is 2. The van der Waals surface area contributed by atoms with Gasteiger partial charge in [0.1, 0.15) is 11.5 Å². The first-order valence-corrected chi connectivity index (χ1v) is 9.00. The Hall–Kier alpha value is -2.47. The van der Waals surface area contributed by atoms with Crippen molar-refractivity contribution in [2.24, 2.45) is 0 Å². The van der Waals surface area contributed by atoms with Crippen LogP contribution in [-0.2, 0) is 0 Å². The second-order valence-corrected chi connectivity index (χ2v) is 7.02. The number of rotatable bonds is 8. The highest BCUT2D eigenvalue weighted by molar-refractivity contribution is 5.92. The van der Waals surface area contributed by atoms with Gasteiger partial charge in [0.2, 0.25) is 0 Å². The Labute approximate surface area is 156 Å². The lowest BCUT2D eigenvalue weighted by Crippen LogP contribution is -2.27. The zero-order valence-corrected chi connectivity index (χ0v) is 16.3. The van der Waals surface area contributed by atoms with E-state index >= 15 is 0 Å². The molecule has 26 heavy (non-hydrogen) atoms. The molecular weight excluding hydrogens is 326 g/mol. The van der Waals surface area contributed by atoms with E-state index in [0.29, 0.717) is 24.0 Å². The van der Waals surface area contributed by atoms with Crippen LogP contribution in [0.3, 0.4) is 0 Å². The zero-order chi connectivity index (χ0) is 19.1. The second-order valence-electron chi connectivity index (χ2n) is 7.02. The highest BCUT2D eigenvalue weighted by atomic mass is 16.1. The zero-order valence-electron chi connectivity index (χ0n) is 16.3. The van der Waals surface area contributed by atoms with Crippen molar-refractivity contribution in [3.63, 3.8) is 0 Å². The largest absolute Gasteiger partial charge is 0.351 e. The Kier molecular flexibility index (Phi) is 7.09. The van der Waals surface area contributed by atoms with Gasteiger partial charge in [0.15, 0.2) is 0 Å². The molecule has 0 aliphatic rings. The van der Waals surface area contributed by atoms with Gasteiger partial charge >= 0.3 is 0 Å². The average Bonchev–Trinajstić information content (AvgIpc) is 2.60. The van der Waals surface area contributed by atoms with Crippen molar-refractivity contribution in [1.29, 1.82) is 0 Å². The van der Waals surface area contributed by atoms with Crippen LogP contribution in [0.1, 0.15) is 47.8 Å². The molecule has 1 heterocycles. The lowest BCUT2D eigenvalue weighted by atomic mass is 9.98. The molecule has 0 bridgehead atoms. The number of benzene rings is 1. The van der Waals surface area contributed by atoms with Crippen molar-refractivity contribution < 1.29 is 4.79 Å². The lowest BCUT2D eigenvalue weighted by molar-refractivity contribution is 0.0947. The molecule has 0 radical (unpaired) electrons. The maximum Gasteiger partial charge on any atom is 0.271 e. The molecule has 0 atom stereocenters. The van der Waals surface area contributed by atoms with Gasteiger partial charge in [-0.1, -0.05) is 32.0 Å². The summed E-state index contributed by atoms with van der Waals surface area (Å²) in [6, 6.07) is 6.24. The van der Waals surface area contributed by atoms with Crippen LogP contribution in [0.4, 0.5) is 11.5 Å². The van der Waals surface area contributed by atoms with Crippen molar-refractivity contribution in [3.05, 3.63) is 47.4 Å². The van der Waals surface area contributed by atoms with E-state index in [-0.39, 0.29) is 5.91 Å². The van der Waals surface area contributed by atoms with E-state index in [1.165, 1.54) is 11.8 Å². The molecule has 0 spiro atoms. The van der Waals surface area contributed by atoms with Crippen LogP contribution in [0.2, 0.25) is 0 Å². The standard InChI is InChI=1S/C20H29N5O/c1-14(2)16-9-6-8-15(3)19(16)24-18-13-22-17(12-23-18)20(26)21-10-7-11-25(4)5/h6,8-9,12-14H,7,10-11H2,1-5H3,(H,21,26)(H,23,24). The van der Waals surface area contributed by atoms with Gasteiger partial charge in [0.25, 0.3) is 5.91 Å². The average molecular weight is 355 g/mol. The molecule has 1 amide bonds. The summed E-state index contributed by atoms with van der Waals surface area (Å²) in [7, 11) is 4.02. The molecule has 0 aliphatic heterocycles. The van der Waals surface area contributed by atoms with E-state index in [1.807, 2.05) is 14.1 Å². The summed E-state index contributed by atoms with van der Waals surface area (Å²) >= 11 is 0. The van der Waals surface area contributed by atoms with Gasteiger partial charge in [-0.25, -0.2) is 9.97 Å². The second kappa shape index (κ2) is 9.29. The molecule has 6 nitrogen and oxygen atoms in total. The number of hydrogen-bond acceptors (Lipinski definition) is 5. The van der Waals surface area contributed by atoms with Crippen LogP contribution in [0, 0.1) is 6.92 Å². The summed E-state index contributed by atoms with van der Waals surface area (Å²) < 4.78 is 0. The first kappa shape index (κ1) is 19.8. The molecule has 0 aliphatic carbocycles. The maximum atomic E-state index is 12.1. The Bertz CT molecular complexity index is 725. The minimum absolute atomic E-state index is 0.193. The fourth-order valence-corrected chi connectivity index (χ4v) is 2.67. The molecule has 0 saturated carbocycles. The van der Waals surface area contributed by atoms with Crippen LogP contribution >= 0.6 is 0 Å². The predicted molar refractivity (Wildman–Crippen MR) is 106 cm³/mol. The molecule has 2 aromatic rings. The van der Waals surface area contributed by atoms with E-state index in [9.17, 15) is 4.79 Å². The van der Waals surface area contributed by atoms with Gasteiger partial charge in [-0.05, 0) is 51.0 Å². The van der Waals surface area contributed by atoms with Gasteiger partial charge in [-0.3, -0.25) is 4.79 Å². The van der Waals surface area contributed by atoms with Crippen LogP contribution < -0.4 is 10.6 Å². The smallest absolute Gasteiger partial charge is 0.271 e. The Morgan fingerprint density at radius 1 is 1.19 bits per heavy atom. The quantitative estimate of drug-likeness (QED) is 0.711. The first-order chi connectivity index (χ1) is 12.4. The Balaban J connectivity index is 2.01.